The van der Waals surface area contributed by atoms with Crippen LogP contribution < -0.4 is 5.32 Å². The first kappa shape index (κ1) is 24.4. The molecule has 150 valence electrons. The van der Waals surface area contributed by atoms with Gasteiger partial charge in [-0.1, -0.05) is 83.3 Å². The molecule has 0 spiro atoms. The summed E-state index contributed by atoms with van der Waals surface area (Å²) in [7, 11) is 0. The van der Waals surface area contributed by atoms with Gasteiger partial charge in [-0.3, -0.25) is 4.79 Å². The van der Waals surface area contributed by atoms with Gasteiger partial charge in [0.15, 0.2) is 0 Å². The van der Waals surface area contributed by atoms with Crippen LogP contribution in [0.2, 0.25) is 0 Å². The third kappa shape index (κ3) is 17.2. The van der Waals surface area contributed by atoms with Gasteiger partial charge in [0.1, 0.15) is 12.0 Å². The Kier molecular flexibility index (Phi) is 18.5. The largest absolute Gasteiger partial charge is 0.477 e. The van der Waals surface area contributed by atoms with Crippen molar-refractivity contribution < 1.29 is 14.7 Å². The number of unbranched alkanes of at least 4 members (excludes halogenated alkanes) is 12. The van der Waals surface area contributed by atoms with Crippen LogP contribution in [0, 0.1) is 0 Å². The van der Waals surface area contributed by atoms with Crippen molar-refractivity contribution in [3.05, 3.63) is 23.9 Å². The average molecular weight is 366 g/mol. The van der Waals surface area contributed by atoms with Crippen molar-refractivity contribution in [2.75, 3.05) is 6.54 Å². The molecule has 4 nitrogen and oxygen atoms in total. The minimum atomic E-state index is -1.09. The molecule has 4 heteroatoms. The molecule has 0 aliphatic heterocycles. The van der Waals surface area contributed by atoms with Gasteiger partial charge in [-0.2, -0.15) is 0 Å². The van der Waals surface area contributed by atoms with Crippen molar-refractivity contribution in [1.29, 1.82) is 0 Å². The van der Waals surface area contributed by atoms with Gasteiger partial charge in [-0.05, 0) is 25.7 Å². The molecule has 0 rings (SSSR count). The van der Waals surface area contributed by atoms with Gasteiger partial charge in [0, 0.05) is 12.6 Å². The van der Waals surface area contributed by atoms with Gasteiger partial charge in [0.2, 0.25) is 0 Å². The lowest BCUT2D eigenvalue weighted by Gasteiger charge is -2.04. The lowest BCUT2D eigenvalue weighted by atomic mass is 10.1. The first-order chi connectivity index (χ1) is 12.7. The van der Waals surface area contributed by atoms with Gasteiger partial charge in [0.05, 0.1) is 0 Å². The summed E-state index contributed by atoms with van der Waals surface area (Å²) in [5.74, 6) is -1.09. The monoisotopic (exact) mass is 365 g/mol. The number of rotatable bonds is 19. The number of nitrogens with one attached hydrogen (secondary N) is 1. The Morgan fingerprint density at radius 1 is 0.808 bits per heavy atom. The molecule has 2 N–H and O–H groups in total. The zero-order chi connectivity index (χ0) is 19.3. The topological polar surface area (TPSA) is 66.4 Å². The highest BCUT2D eigenvalue weighted by Gasteiger charge is 2.04. The lowest BCUT2D eigenvalue weighted by Crippen LogP contribution is -2.21. The number of carboxylic acid groups (broad SMARTS) is 1. The van der Waals surface area contributed by atoms with Crippen molar-refractivity contribution in [1.82, 2.24) is 5.32 Å². The molecule has 0 aliphatic rings. The summed E-state index contributed by atoms with van der Waals surface area (Å²) in [5.41, 5.74) is -0.0371. The van der Waals surface area contributed by atoms with Gasteiger partial charge < -0.3 is 10.4 Å². The molecule has 0 aliphatic carbocycles. The molecule has 26 heavy (non-hydrogen) atoms. The first-order valence-electron chi connectivity index (χ1n) is 10.5. The van der Waals surface area contributed by atoms with E-state index in [0.717, 1.165) is 25.3 Å². The maximum Gasteiger partial charge on any atom is 0.352 e. The highest BCUT2D eigenvalue weighted by Crippen LogP contribution is 2.12. The van der Waals surface area contributed by atoms with E-state index in [2.05, 4.69) is 24.4 Å². The van der Waals surface area contributed by atoms with Crippen LogP contribution in [-0.2, 0) is 9.59 Å². The summed E-state index contributed by atoms with van der Waals surface area (Å²) in [6, 6.07) is 0. The van der Waals surface area contributed by atoms with Crippen molar-refractivity contribution in [2.24, 2.45) is 0 Å². The van der Waals surface area contributed by atoms with E-state index >= 15 is 0 Å². The van der Waals surface area contributed by atoms with Gasteiger partial charge >= 0.3 is 5.97 Å². The average Bonchev–Trinajstić information content (AvgIpc) is 2.63. The molecule has 0 radical (unpaired) electrons. The van der Waals surface area contributed by atoms with E-state index in [9.17, 15) is 9.59 Å². The zero-order valence-corrected chi connectivity index (χ0v) is 16.7. The Morgan fingerprint density at radius 2 is 1.31 bits per heavy atom. The fourth-order valence-corrected chi connectivity index (χ4v) is 2.88. The Morgan fingerprint density at radius 3 is 1.81 bits per heavy atom. The third-order valence-corrected chi connectivity index (χ3v) is 4.47. The lowest BCUT2D eigenvalue weighted by molar-refractivity contribution is -0.133. The van der Waals surface area contributed by atoms with Gasteiger partial charge in [-0.15, -0.1) is 0 Å². The molecule has 0 saturated heterocycles. The number of hydrogen-bond acceptors (Lipinski definition) is 3. The Hall–Kier alpha value is -1.58. The predicted molar refractivity (Wildman–Crippen MR) is 109 cm³/mol. The molecule has 0 fully saturated rings. The summed E-state index contributed by atoms with van der Waals surface area (Å²) < 4.78 is 0. The van der Waals surface area contributed by atoms with E-state index in [-0.39, 0.29) is 5.70 Å². The van der Waals surface area contributed by atoms with Gasteiger partial charge in [-0.25, -0.2) is 4.79 Å². The molecule has 0 amide bonds. The van der Waals surface area contributed by atoms with Crippen LogP contribution in [0.15, 0.2) is 23.9 Å². The van der Waals surface area contributed by atoms with Crippen LogP contribution in [0.3, 0.4) is 0 Å². The highest BCUT2D eigenvalue weighted by molar-refractivity contribution is 5.90. The molecule has 0 aromatic carbocycles. The zero-order valence-electron chi connectivity index (χ0n) is 16.7. The van der Waals surface area contributed by atoms with Crippen molar-refractivity contribution in [3.63, 3.8) is 0 Å². The number of hydrogen-bond donors (Lipinski definition) is 2. The standard InChI is InChI=1S/C22H39NO3/c1-2-3-4-5-6-7-8-9-10-11-12-13-14-15-16-17-19-23-21(18-20-24)22(25)26/h14-15,18,20,23H,2-13,16-17,19H2,1H3,(H,25,26). The van der Waals surface area contributed by atoms with Crippen molar-refractivity contribution in [3.8, 4) is 0 Å². The molecular weight excluding hydrogens is 326 g/mol. The van der Waals surface area contributed by atoms with Crippen molar-refractivity contribution >= 4 is 12.3 Å². The fourth-order valence-electron chi connectivity index (χ4n) is 2.88. The van der Waals surface area contributed by atoms with E-state index in [1.807, 2.05) is 0 Å². The number of carbonyl (C=O) groups excluding carboxylic acids is 1. The van der Waals surface area contributed by atoms with Crippen LogP contribution in [0.1, 0.15) is 96.8 Å². The summed E-state index contributed by atoms with van der Waals surface area (Å²) in [6.45, 7) is 2.83. The maximum atomic E-state index is 10.8. The number of carbonyl (C=O) groups is 2. The summed E-state index contributed by atoms with van der Waals surface area (Å²) in [6.07, 6.45) is 23.9. The van der Waals surface area contributed by atoms with E-state index in [4.69, 9.17) is 5.11 Å². The Labute approximate surface area is 160 Å². The van der Waals surface area contributed by atoms with Crippen LogP contribution >= 0.6 is 0 Å². The Bertz CT molecular complexity index is 402. The summed E-state index contributed by atoms with van der Waals surface area (Å²) >= 11 is 0. The predicted octanol–water partition coefficient (Wildman–Crippen LogP) is 5.78. The van der Waals surface area contributed by atoms with E-state index in [0.29, 0.717) is 12.8 Å². The van der Waals surface area contributed by atoms with Crippen LogP contribution in [0.4, 0.5) is 0 Å². The molecule has 0 heterocycles. The van der Waals surface area contributed by atoms with Crippen molar-refractivity contribution in [2.45, 2.75) is 96.8 Å². The van der Waals surface area contributed by atoms with E-state index in [1.165, 1.54) is 70.6 Å². The fraction of sp³-hybridized carbons (Fsp3) is 0.727. The second kappa shape index (κ2) is 19.7. The molecule has 0 bridgehead atoms. The molecule has 0 unspecified atom stereocenters. The second-order valence-corrected chi connectivity index (χ2v) is 6.89. The van der Waals surface area contributed by atoms with Crippen LogP contribution in [-0.4, -0.2) is 23.9 Å². The number of carboxylic acids is 1. The summed E-state index contributed by atoms with van der Waals surface area (Å²) in [5, 5.41) is 11.6. The normalized spacial score (nSPS) is 11.8. The van der Waals surface area contributed by atoms with E-state index < -0.39 is 5.97 Å². The Balaban J connectivity index is 3.32. The molecule has 0 atom stereocenters. The number of aliphatic carboxylic acids is 1. The number of allylic oxidation sites excluding steroid dienone is 3. The third-order valence-electron chi connectivity index (χ3n) is 4.47. The molecule has 0 aromatic rings. The molecular formula is C22H39NO3. The van der Waals surface area contributed by atoms with E-state index in [1.54, 1.807) is 0 Å². The van der Waals surface area contributed by atoms with Crippen LogP contribution in [0.25, 0.3) is 0 Å². The second-order valence-electron chi connectivity index (χ2n) is 6.89. The quantitative estimate of drug-likeness (QED) is 0.132. The van der Waals surface area contributed by atoms with Crippen LogP contribution in [0.5, 0.6) is 0 Å². The minimum absolute atomic E-state index is 0.0371. The summed E-state index contributed by atoms with van der Waals surface area (Å²) in [4.78, 5) is 21.1. The molecule has 0 saturated carbocycles. The molecule has 0 aromatic heterocycles. The van der Waals surface area contributed by atoms with Gasteiger partial charge in [0.25, 0.3) is 0 Å². The first-order valence-corrected chi connectivity index (χ1v) is 10.5. The smallest absolute Gasteiger partial charge is 0.352 e. The highest BCUT2D eigenvalue weighted by atomic mass is 16.4. The maximum absolute atomic E-state index is 10.8. The number of aldehydes is 1. The minimum Gasteiger partial charge on any atom is -0.477 e. The SMILES string of the molecule is CCCCCCCCCCCCCC=CCCCNC(=CC=O)C(=O)O.